The molecule has 7 heteroatoms. The molecule has 7 nitrogen and oxygen atoms in total. The Morgan fingerprint density at radius 3 is 2.72 bits per heavy atom. The van der Waals surface area contributed by atoms with Crippen molar-refractivity contribution < 1.29 is 4.74 Å². The molecule has 0 saturated carbocycles. The second kappa shape index (κ2) is 7.49. The molecular formula is C18H26N6O. The third kappa shape index (κ3) is 3.82. The van der Waals surface area contributed by atoms with Gasteiger partial charge in [0.05, 0.1) is 12.3 Å². The van der Waals surface area contributed by atoms with Crippen molar-refractivity contribution in [1.29, 1.82) is 0 Å². The van der Waals surface area contributed by atoms with E-state index in [1.54, 1.807) is 0 Å². The molecule has 0 aliphatic carbocycles. The minimum atomic E-state index is 0.148. The SMILES string of the molecule is Cn1cc([C@@H]2OCC[C@@H]2CNCc2cnc(N3CCCC3)nc2)cn1. The second-order valence-corrected chi connectivity index (χ2v) is 7.00. The number of anilines is 1. The van der Waals surface area contributed by atoms with Crippen molar-refractivity contribution in [1.82, 2.24) is 25.1 Å². The van der Waals surface area contributed by atoms with Crippen LogP contribution in [0.1, 0.15) is 36.5 Å². The van der Waals surface area contributed by atoms with Crippen molar-refractivity contribution in [3.63, 3.8) is 0 Å². The van der Waals surface area contributed by atoms with Gasteiger partial charge in [0.1, 0.15) is 0 Å². The van der Waals surface area contributed by atoms with Gasteiger partial charge in [0, 0.05) is 75.5 Å². The molecule has 2 atom stereocenters. The van der Waals surface area contributed by atoms with Crippen LogP contribution in [0, 0.1) is 5.92 Å². The first-order chi connectivity index (χ1) is 12.3. The molecule has 0 spiro atoms. The summed E-state index contributed by atoms with van der Waals surface area (Å²) >= 11 is 0. The summed E-state index contributed by atoms with van der Waals surface area (Å²) in [5.41, 5.74) is 2.30. The van der Waals surface area contributed by atoms with Gasteiger partial charge in [0.2, 0.25) is 5.95 Å². The fourth-order valence-corrected chi connectivity index (χ4v) is 3.72. The van der Waals surface area contributed by atoms with Gasteiger partial charge in [0.15, 0.2) is 0 Å². The monoisotopic (exact) mass is 342 g/mol. The molecule has 2 aliphatic heterocycles. The minimum Gasteiger partial charge on any atom is -0.373 e. The molecule has 134 valence electrons. The van der Waals surface area contributed by atoms with Gasteiger partial charge in [-0.2, -0.15) is 5.10 Å². The Labute approximate surface area is 148 Å². The van der Waals surface area contributed by atoms with Crippen molar-refractivity contribution in [2.45, 2.75) is 31.9 Å². The highest BCUT2D eigenvalue weighted by Crippen LogP contribution is 2.33. The van der Waals surface area contributed by atoms with E-state index in [0.717, 1.165) is 50.7 Å². The van der Waals surface area contributed by atoms with E-state index in [4.69, 9.17) is 4.74 Å². The Hall–Kier alpha value is -1.99. The smallest absolute Gasteiger partial charge is 0.225 e. The van der Waals surface area contributed by atoms with Crippen LogP contribution in [0.3, 0.4) is 0 Å². The maximum Gasteiger partial charge on any atom is 0.225 e. The maximum atomic E-state index is 5.92. The lowest BCUT2D eigenvalue weighted by Crippen LogP contribution is -2.25. The Morgan fingerprint density at radius 2 is 2.00 bits per heavy atom. The number of nitrogens with one attached hydrogen (secondary N) is 1. The lowest BCUT2D eigenvalue weighted by Gasteiger charge is -2.18. The summed E-state index contributed by atoms with van der Waals surface area (Å²) in [6.07, 6.45) is 11.6. The van der Waals surface area contributed by atoms with Crippen LogP contribution in [0.15, 0.2) is 24.8 Å². The predicted octanol–water partition coefficient (Wildman–Crippen LogP) is 1.68. The van der Waals surface area contributed by atoms with E-state index in [1.807, 2.05) is 36.5 Å². The van der Waals surface area contributed by atoms with Crippen LogP contribution in [0.25, 0.3) is 0 Å². The van der Waals surface area contributed by atoms with E-state index in [9.17, 15) is 0 Å². The number of rotatable bonds is 6. The zero-order chi connectivity index (χ0) is 17.1. The quantitative estimate of drug-likeness (QED) is 0.861. The van der Waals surface area contributed by atoms with Crippen LogP contribution in [0.2, 0.25) is 0 Å². The molecule has 0 radical (unpaired) electrons. The van der Waals surface area contributed by atoms with E-state index in [2.05, 4.69) is 25.3 Å². The third-order valence-electron chi connectivity index (χ3n) is 5.08. The third-order valence-corrected chi connectivity index (χ3v) is 5.08. The molecule has 1 N–H and O–H groups in total. The van der Waals surface area contributed by atoms with Crippen molar-refractivity contribution >= 4 is 5.95 Å². The number of aromatic nitrogens is 4. The molecule has 2 aromatic rings. The van der Waals surface area contributed by atoms with Gasteiger partial charge in [-0.3, -0.25) is 4.68 Å². The van der Waals surface area contributed by atoms with Crippen LogP contribution in [0.4, 0.5) is 5.95 Å². The summed E-state index contributed by atoms with van der Waals surface area (Å²) in [5.74, 6) is 1.34. The van der Waals surface area contributed by atoms with E-state index < -0.39 is 0 Å². The highest BCUT2D eigenvalue weighted by molar-refractivity contribution is 5.30. The van der Waals surface area contributed by atoms with Crippen molar-refractivity contribution in [3.05, 3.63) is 35.9 Å². The highest BCUT2D eigenvalue weighted by Gasteiger charge is 2.30. The van der Waals surface area contributed by atoms with Crippen LogP contribution in [-0.4, -0.2) is 46.0 Å². The van der Waals surface area contributed by atoms with Crippen LogP contribution in [0.5, 0.6) is 0 Å². The molecule has 2 aromatic heterocycles. The summed E-state index contributed by atoms with van der Waals surface area (Å²) in [6, 6.07) is 0. The first-order valence-corrected chi connectivity index (χ1v) is 9.16. The fraction of sp³-hybridized carbons (Fsp3) is 0.611. The summed E-state index contributed by atoms with van der Waals surface area (Å²) in [5, 5.41) is 7.80. The average Bonchev–Trinajstić information content (AvgIpc) is 3.37. The molecule has 0 bridgehead atoms. The fourth-order valence-electron chi connectivity index (χ4n) is 3.72. The van der Waals surface area contributed by atoms with Gasteiger partial charge in [-0.25, -0.2) is 9.97 Å². The summed E-state index contributed by atoms with van der Waals surface area (Å²) in [4.78, 5) is 11.3. The molecule has 2 fully saturated rings. The van der Waals surface area contributed by atoms with Crippen LogP contribution >= 0.6 is 0 Å². The highest BCUT2D eigenvalue weighted by atomic mass is 16.5. The topological polar surface area (TPSA) is 68.1 Å². The molecule has 0 aromatic carbocycles. The van der Waals surface area contributed by atoms with E-state index >= 15 is 0 Å². The number of ether oxygens (including phenoxy) is 1. The van der Waals surface area contributed by atoms with Gasteiger partial charge < -0.3 is 15.0 Å². The van der Waals surface area contributed by atoms with Crippen LogP contribution in [-0.2, 0) is 18.3 Å². The van der Waals surface area contributed by atoms with Crippen molar-refractivity contribution in [3.8, 4) is 0 Å². The predicted molar refractivity (Wildman–Crippen MR) is 95.2 cm³/mol. The number of nitrogens with zero attached hydrogens (tertiary/aromatic N) is 5. The molecule has 0 unspecified atom stereocenters. The Bertz CT molecular complexity index is 679. The van der Waals surface area contributed by atoms with E-state index in [1.165, 1.54) is 18.4 Å². The van der Waals surface area contributed by atoms with E-state index in [0.29, 0.717) is 5.92 Å². The number of hydrogen-bond donors (Lipinski definition) is 1. The van der Waals surface area contributed by atoms with Crippen LogP contribution < -0.4 is 10.2 Å². The second-order valence-electron chi connectivity index (χ2n) is 7.00. The van der Waals surface area contributed by atoms with E-state index in [-0.39, 0.29) is 6.10 Å². The van der Waals surface area contributed by atoms with Crippen molar-refractivity contribution in [2.24, 2.45) is 13.0 Å². The average molecular weight is 342 g/mol. The molecule has 0 amide bonds. The summed E-state index contributed by atoms with van der Waals surface area (Å²) < 4.78 is 7.75. The largest absolute Gasteiger partial charge is 0.373 e. The molecule has 4 rings (SSSR count). The molecule has 2 saturated heterocycles. The lowest BCUT2D eigenvalue weighted by molar-refractivity contribution is 0.0904. The Kier molecular flexibility index (Phi) is 4.94. The van der Waals surface area contributed by atoms with Gasteiger partial charge in [-0.15, -0.1) is 0 Å². The normalized spacial score (nSPS) is 23.5. The minimum absolute atomic E-state index is 0.148. The standard InChI is InChI=1S/C18H26N6O/c1-23-13-16(12-22-23)17-15(4-7-25-17)11-19-8-14-9-20-18(21-10-14)24-5-2-3-6-24/h9-10,12-13,15,17,19H,2-8,11H2,1H3/t15-,17-/m1/s1. The van der Waals surface area contributed by atoms with Crippen molar-refractivity contribution in [2.75, 3.05) is 31.1 Å². The number of hydrogen-bond acceptors (Lipinski definition) is 6. The zero-order valence-electron chi connectivity index (χ0n) is 14.8. The maximum absolute atomic E-state index is 5.92. The molecule has 4 heterocycles. The van der Waals surface area contributed by atoms with Gasteiger partial charge in [0.25, 0.3) is 0 Å². The summed E-state index contributed by atoms with van der Waals surface area (Å²) in [7, 11) is 1.94. The molecule has 2 aliphatic rings. The lowest BCUT2D eigenvalue weighted by atomic mass is 9.97. The Balaban J connectivity index is 1.28. The summed E-state index contributed by atoms with van der Waals surface area (Å²) in [6.45, 7) is 4.69. The van der Waals surface area contributed by atoms with Gasteiger partial charge in [-0.05, 0) is 19.3 Å². The van der Waals surface area contributed by atoms with Gasteiger partial charge >= 0.3 is 0 Å². The molecular weight excluding hydrogens is 316 g/mol. The Morgan fingerprint density at radius 1 is 1.20 bits per heavy atom. The molecule has 25 heavy (non-hydrogen) atoms. The zero-order valence-corrected chi connectivity index (χ0v) is 14.8. The first kappa shape index (κ1) is 16.5. The number of aryl methyl sites for hydroxylation is 1. The first-order valence-electron chi connectivity index (χ1n) is 9.16. The van der Waals surface area contributed by atoms with Gasteiger partial charge in [-0.1, -0.05) is 0 Å².